The fourth-order valence-electron chi connectivity index (χ4n) is 3.03. The number of aliphatic imine (C=N–C) groups is 1. The lowest BCUT2D eigenvalue weighted by Gasteiger charge is -2.25. The van der Waals surface area contributed by atoms with Gasteiger partial charge in [-0.25, -0.2) is 9.97 Å². The molecule has 0 bridgehead atoms. The Kier molecular flexibility index (Phi) is 4.43. The number of hydrogen-bond donors (Lipinski definition) is 1. The highest BCUT2D eigenvalue weighted by molar-refractivity contribution is 6.30. The molecule has 0 radical (unpaired) electrons. The van der Waals surface area contributed by atoms with Crippen molar-refractivity contribution in [3.63, 3.8) is 0 Å². The second kappa shape index (κ2) is 6.89. The highest BCUT2D eigenvalue weighted by Gasteiger charge is 2.26. The summed E-state index contributed by atoms with van der Waals surface area (Å²) in [6.45, 7) is 4.14. The summed E-state index contributed by atoms with van der Waals surface area (Å²) in [5.41, 5.74) is 5.45. The number of aromatic nitrogens is 2. The molecule has 1 aromatic heterocycles. The van der Waals surface area contributed by atoms with Gasteiger partial charge in [-0.15, -0.1) is 0 Å². The molecule has 1 heterocycles. The minimum absolute atomic E-state index is 0.157. The Labute approximate surface area is 157 Å². The van der Waals surface area contributed by atoms with E-state index in [-0.39, 0.29) is 12.1 Å². The zero-order valence-corrected chi connectivity index (χ0v) is 15.4. The Morgan fingerprint density at radius 1 is 0.962 bits per heavy atom. The summed E-state index contributed by atoms with van der Waals surface area (Å²) in [6.07, 6.45) is 4.02. The summed E-state index contributed by atoms with van der Waals surface area (Å²) < 4.78 is 0. The summed E-state index contributed by atoms with van der Waals surface area (Å²) in [5.74, 6) is 0. The Morgan fingerprint density at radius 2 is 1.65 bits per heavy atom. The van der Waals surface area contributed by atoms with E-state index in [4.69, 9.17) is 26.6 Å². The third-order valence-electron chi connectivity index (χ3n) is 4.17. The minimum Gasteiger partial charge on any atom is -0.371 e. The summed E-state index contributed by atoms with van der Waals surface area (Å²) >= 11 is 6.01. The zero-order valence-electron chi connectivity index (χ0n) is 14.6. The summed E-state index contributed by atoms with van der Waals surface area (Å²) in [4.78, 5) is 14.4. The number of fused-ring (bicyclic) bond motifs is 2. The maximum atomic E-state index is 6.01. The lowest BCUT2D eigenvalue weighted by atomic mass is 9.98. The van der Waals surface area contributed by atoms with Crippen LogP contribution in [0.5, 0.6) is 0 Å². The molecule has 1 atom stereocenters. The van der Waals surface area contributed by atoms with Crippen LogP contribution in [0.4, 0.5) is 5.69 Å². The van der Waals surface area contributed by atoms with Gasteiger partial charge in [-0.2, -0.15) is 0 Å². The Balaban J connectivity index is 1.82. The number of halogens is 1. The molecule has 26 heavy (non-hydrogen) atoms. The van der Waals surface area contributed by atoms with Crippen LogP contribution in [0, 0.1) is 0 Å². The van der Waals surface area contributed by atoms with Crippen molar-refractivity contribution in [2.24, 2.45) is 4.99 Å². The fraction of sp³-hybridized carbons (Fsp3) is 0.190. The van der Waals surface area contributed by atoms with Crippen molar-refractivity contribution in [2.75, 3.05) is 5.32 Å². The molecule has 0 amide bonds. The first-order chi connectivity index (χ1) is 12.6. The summed E-state index contributed by atoms with van der Waals surface area (Å²) in [6, 6.07) is 15.6. The van der Waals surface area contributed by atoms with Crippen LogP contribution in [0.25, 0.3) is 17.1 Å². The minimum atomic E-state index is -0.157. The summed E-state index contributed by atoms with van der Waals surface area (Å²) in [7, 11) is 0. The van der Waals surface area contributed by atoms with Crippen LogP contribution in [0.15, 0.2) is 59.6 Å². The van der Waals surface area contributed by atoms with Crippen molar-refractivity contribution in [1.82, 2.24) is 9.97 Å². The number of anilines is 1. The molecule has 0 spiro atoms. The maximum Gasteiger partial charge on any atom is 0.113 e. The lowest BCUT2D eigenvalue weighted by molar-refractivity contribution is 0.819. The van der Waals surface area contributed by atoms with Gasteiger partial charge in [0.2, 0.25) is 0 Å². The van der Waals surface area contributed by atoms with Gasteiger partial charge < -0.3 is 5.32 Å². The van der Waals surface area contributed by atoms with E-state index in [1.54, 1.807) is 0 Å². The molecule has 0 fully saturated rings. The number of nitrogens with zero attached hydrogens (tertiary/aromatic N) is 3. The van der Waals surface area contributed by atoms with Crippen molar-refractivity contribution >= 4 is 40.1 Å². The normalized spacial score (nSPS) is 17.7. The van der Waals surface area contributed by atoms with E-state index in [9.17, 15) is 0 Å². The van der Waals surface area contributed by atoms with Gasteiger partial charge in [0, 0.05) is 16.8 Å². The number of hydrogen-bond acceptors (Lipinski definition) is 4. The van der Waals surface area contributed by atoms with Gasteiger partial charge in [0.25, 0.3) is 0 Å². The van der Waals surface area contributed by atoms with Crippen molar-refractivity contribution in [3.8, 4) is 0 Å². The molecule has 1 aliphatic rings. The molecular formula is C21H19ClN4. The largest absolute Gasteiger partial charge is 0.371 e. The van der Waals surface area contributed by atoms with Crippen molar-refractivity contribution in [2.45, 2.75) is 25.9 Å². The van der Waals surface area contributed by atoms with Crippen LogP contribution in [-0.2, 0) is 0 Å². The quantitative estimate of drug-likeness (QED) is 0.686. The van der Waals surface area contributed by atoms with E-state index in [1.165, 1.54) is 0 Å². The molecule has 2 aromatic carbocycles. The van der Waals surface area contributed by atoms with Gasteiger partial charge in [0.15, 0.2) is 0 Å². The SMILES string of the molecule is CC(C)N=C1C=Cc2nc3ccccc3nc2C1Nc1ccc(Cl)cc1. The molecule has 5 heteroatoms. The highest BCUT2D eigenvalue weighted by atomic mass is 35.5. The van der Waals surface area contributed by atoms with Gasteiger partial charge in [-0.1, -0.05) is 23.7 Å². The summed E-state index contributed by atoms with van der Waals surface area (Å²) in [5, 5.41) is 4.25. The standard InChI is InChI=1S/C21H19ClN4/c1-13(2)23-18-11-12-19-21(26-17-6-4-3-5-16(17)25-19)20(18)24-15-9-7-14(22)8-10-15/h3-13,20,24H,1-2H3. The van der Waals surface area contributed by atoms with Crippen LogP contribution in [0.1, 0.15) is 31.3 Å². The molecule has 4 rings (SSSR count). The average Bonchev–Trinajstić information content (AvgIpc) is 2.63. The van der Waals surface area contributed by atoms with Crippen LogP contribution >= 0.6 is 11.6 Å². The Morgan fingerprint density at radius 3 is 2.35 bits per heavy atom. The van der Waals surface area contributed by atoms with E-state index < -0.39 is 0 Å². The Bertz CT molecular complexity index is 1010. The first kappa shape index (κ1) is 16.7. The van der Waals surface area contributed by atoms with E-state index in [0.29, 0.717) is 5.02 Å². The highest BCUT2D eigenvalue weighted by Crippen LogP contribution is 2.29. The molecular weight excluding hydrogens is 344 g/mol. The van der Waals surface area contributed by atoms with Crippen molar-refractivity contribution in [3.05, 3.63) is 71.0 Å². The van der Waals surface area contributed by atoms with Crippen molar-refractivity contribution < 1.29 is 0 Å². The first-order valence-corrected chi connectivity index (χ1v) is 9.02. The Hall–Kier alpha value is -2.72. The maximum absolute atomic E-state index is 6.01. The number of para-hydroxylation sites is 2. The number of nitrogens with one attached hydrogen (secondary N) is 1. The van der Waals surface area contributed by atoms with E-state index in [0.717, 1.165) is 33.8 Å². The topological polar surface area (TPSA) is 50.2 Å². The van der Waals surface area contributed by atoms with Crippen LogP contribution < -0.4 is 5.32 Å². The first-order valence-electron chi connectivity index (χ1n) is 8.65. The van der Waals surface area contributed by atoms with E-state index in [2.05, 4.69) is 19.2 Å². The third-order valence-corrected chi connectivity index (χ3v) is 4.42. The molecule has 0 aliphatic heterocycles. The van der Waals surface area contributed by atoms with E-state index >= 15 is 0 Å². The van der Waals surface area contributed by atoms with Gasteiger partial charge in [-0.05, 0) is 62.4 Å². The van der Waals surface area contributed by atoms with E-state index in [1.807, 2.05) is 60.7 Å². The molecule has 4 nitrogen and oxygen atoms in total. The molecule has 1 unspecified atom stereocenters. The smallest absolute Gasteiger partial charge is 0.113 e. The van der Waals surface area contributed by atoms with Gasteiger partial charge in [-0.3, -0.25) is 4.99 Å². The second-order valence-corrected chi connectivity index (χ2v) is 6.98. The second-order valence-electron chi connectivity index (χ2n) is 6.55. The number of rotatable bonds is 3. The monoisotopic (exact) mass is 362 g/mol. The molecule has 1 aliphatic carbocycles. The van der Waals surface area contributed by atoms with Gasteiger partial charge >= 0.3 is 0 Å². The predicted octanol–water partition coefficient (Wildman–Crippen LogP) is 5.31. The number of benzene rings is 2. The van der Waals surface area contributed by atoms with Crippen LogP contribution in [0.2, 0.25) is 5.02 Å². The fourth-order valence-corrected chi connectivity index (χ4v) is 3.16. The molecule has 1 N–H and O–H groups in total. The van der Waals surface area contributed by atoms with Crippen molar-refractivity contribution in [1.29, 1.82) is 0 Å². The van der Waals surface area contributed by atoms with Gasteiger partial charge in [0.05, 0.1) is 28.1 Å². The molecule has 3 aromatic rings. The van der Waals surface area contributed by atoms with Crippen LogP contribution in [-0.4, -0.2) is 21.7 Å². The molecule has 0 saturated heterocycles. The molecule has 130 valence electrons. The third kappa shape index (κ3) is 3.33. The van der Waals surface area contributed by atoms with Gasteiger partial charge in [0.1, 0.15) is 6.04 Å². The lowest BCUT2D eigenvalue weighted by Crippen LogP contribution is -2.26. The zero-order chi connectivity index (χ0) is 18.1. The van der Waals surface area contributed by atoms with Crippen LogP contribution in [0.3, 0.4) is 0 Å². The predicted molar refractivity (Wildman–Crippen MR) is 109 cm³/mol. The average molecular weight is 363 g/mol. The molecule has 0 saturated carbocycles.